The van der Waals surface area contributed by atoms with Gasteiger partial charge in [-0.1, -0.05) is 6.92 Å². The molecule has 7 heteroatoms. The van der Waals surface area contributed by atoms with E-state index in [0.717, 1.165) is 6.42 Å². The zero-order valence-corrected chi connectivity index (χ0v) is 10.8. The topological polar surface area (TPSA) is 89.2 Å². The number of nitrogen functional groups attached to an aromatic ring is 1. The lowest BCUT2D eigenvalue weighted by Gasteiger charge is -2.17. The second kappa shape index (κ2) is 6.19. The van der Waals surface area contributed by atoms with Gasteiger partial charge in [0.25, 0.3) is 0 Å². The predicted molar refractivity (Wildman–Crippen MR) is 68.1 cm³/mol. The van der Waals surface area contributed by atoms with Gasteiger partial charge in [-0.05, 0) is 6.42 Å². The average Bonchev–Trinajstić information content (AvgIpc) is 2.27. The molecule has 0 aliphatic rings. The lowest BCUT2D eigenvalue weighted by molar-refractivity contribution is 0.184. The van der Waals surface area contributed by atoms with Gasteiger partial charge in [0.2, 0.25) is 17.8 Å². The molecule has 1 aromatic heterocycles. The van der Waals surface area contributed by atoms with Crippen molar-refractivity contribution in [2.45, 2.75) is 19.4 Å². The number of aromatic nitrogens is 3. The van der Waals surface area contributed by atoms with Crippen molar-refractivity contribution >= 4 is 17.8 Å². The third kappa shape index (κ3) is 4.03. The third-order valence-corrected chi connectivity index (χ3v) is 2.23. The van der Waals surface area contributed by atoms with Crippen LogP contribution in [0.4, 0.5) is 17.8 Å². The highest BCUT2D eigenvalue weighted by Crippen LogP contribution is 2.10. The number of rotatable bonds is 6. The van der Waals surface area contributed by atoms with Crippen LogP contribution in [0.15, 0.2) is 0 Å². The molecule has 0 radical (unpaired) electrons. The van der Waals surface area contributed by atoms with Crippen molar-refractivity contribution in [3.63, 3.8) is 0 Å². The van der Waals surface area contributed by atoms with Gasteiger partial charge in [-0.2, -0.15) is 15.0 Å². The van der Waals surface area contributed by atoms with Crippen LogP contribution in [-0.2, 0) is 4.74 Å². The summed E-state index contributed by atoms with van der Waals surface area (Å²) in [4.78, 5) is 14.1. The molecule has 1 heterocycles. The Hall–Kier alpha value is -1.63. The summed E-state index contributed by atoms with van der Waals surface area (Å²) in [7, 11) is 5.37. The number of hydrogen-bond donors (Lipinski definition) is 2. The van der Waals surface area contributed by atoms with E-state index in [1.54, 1.807) is 12.0 Å². The lowest BCUT2D eigenvalue weighted by atomic mass is 10.2. The minimum atomic E-state index is 0.164. The minimum Gasteiger partial charge on any atom is -0.383 e. The van der Waals surface area contributed by atoms with E-state index in [9.17, 15) is 0 Å². The zero-order chi connectivity index (χ0) is 12.8. The summed E-state index contributed by atoms with van der Waals surface area (Å²) in [6.07, 6.45) is 0.913. The molecule has 1 rings (SSSR count). The smallest absolute Gasteiger partial charge is 0.231 e. The summed E-state index contributed by atoms with van der Waals surface area (Å²) >= 11 is 0. The molecular weight excluding hydrogens is 220 g/mol. The predicted octanol–water partition coefficient (Wildman–Crippen LogP) is 0.357. The standard InChI is InChI=1S/C10H20N6O/c1-5-7(6-17-4)12-9-13-8(11)14-10(15-9)16(2)3/h7H,5-6H2,1-4H3,(H3,11,12,13,14,15). The Balaban J connectivity index is 2.82. The van der Waals surface area contributed by atoms with E-state index in [1.807, 2.05) is 14.1 Å². The molecule has 0 aliphatic carbocycles. The fourth-order valence-corrected chi connectivity index (χ4v) is 1.29. The molecule has 1 aromatic rings. The van der Waals surface area contributed by atoms with Crippen molar-refractivity contribution in [1.29, 1.82) is 0 Å². The Bertz CT molecular complexity index is 357. The van der Waals surface area contributed by atoms with Crippen LogP contribution < -0.4 is 16.0 Å². The first-order valence-electron chi connectivity index (χ1n) is 5.51. The van der Waals surface area contributed by atoms with Crippen LogP contribution in [-0.4, -0.2) is 48.8 Å². The molecule has 3 N–H and O–H groups in total. The van der Waals surface area contributed by atoms with E-state index < -0.39 is 0 Å². The second-order valence-electron chi connectivity index (χ2n) is 3.92. The molecule has 0 saturated heterocycles. The molecule has 1 unspecified atom stereocenters. The highest BCUT2D eigenvalue weighted by atomic mass is 16.5. The lowest BCUT2D eigenvalue weighted by Crippen LogP contribution is -2.26. The number of hydrogen-bond acceptors (Lipinski definition) is 7. The monoisotopic (exact) mass is 240 g/mol. The zero-order valence-electron chi connectivity index (χ0n) is 10.8. The van der Waals surface area contributed by atoms with E-state index in [4.69, 9.17) is 10.5 Å². The van der Waals surface area contributed by atoms with Crippen LogP contribution in [0.25, 0.3) is 0 Å². The Kier molecular flexibility index (Phi) is 4.89. The highest BCUT2D eigenvalue weighted by molar-refractivity contribution is 5.41. The normalized spacial score (nSPS) is 12.2. The molecule has 7 nitrogen and oxygen atoms in total. The van der Waals surface area contributed by atoms with Gasteiger partial charge in [-0.3, -0.25) is 0 Å². The molecule has 0 aliphatic heterocycles. The Morgan fingerprint density at radius 2 is 2.06 bits per heavy atom. The van der Waals surface area contributed by atoms with E-state index in [-0.39, 0.29) is 12.0 Å². The fourth-order valence-electron chi connectivity index (χ4n) is 1.29. The van der Waals surface area contributed by atoms with Gasteiger partial charge >= 0.3 is 0 Å². The number of anilines is 3. The number of nitrogens with one attached hydrogen (secondary N) is 1. The molecule has 0 amide bonds. The number of methoxy groups -OCH3 is 1. The first kappa shape index (κ1) is 13.4. The van der Waals surface area contributed by atoms with Crippen molar-refractivity contribution in [2.75, 3.05) is 43.8 Å². The Labute approximate surface area is 101 Å². The Morgan fingerprint density at radius 3 is 2.59 bits per heavy atom. The van der Waals surface area contributed by atoms with Crippen LogP contribution >= 0.6 is 0 Å². The van der Waals surface area contributed by atoms with E-state index in [0.29, 0.717) is 18.5 Å². The molecule has 1 atom stereocenters. The second-order valence-corrected chi connectivity index (χ2v) is 3.92. The summed E-state index contributed by atoms with van der Waals surface area (Å²) in [5.74, 6) is 1.22. The van der Waals surface area contributed by atoms with E-state index in [1.165, 1.54) is 0 Å². The largest absolute Gasteiger partial charge is 0.383 e. The van der Waals surface area contributed by atoms with Gasteiger partial charge in [0.05, 0.1) is 12.6 Å². The quantitative estimate of drug-likeness (QED) is 0.741. The maximum Gasteiger partial charge on any atom is 0.231 e. The van der Waals surface area contributed by atoms with Gasteiger partial charge in [-0.15, -0.1) is 0 Å². The van der Waals surface area contributed by atoms with Gasteiger partial charge in [0.15, 0.2) is 0 Å². The van der Waals surface area contributed by atoms with Crippen molar-refractivity contribution < 1.29 is 4.74 Å². The maximum atomic E-state index is 5.63. The third-order valence-electron chi connectivity index (χ3n) is 2.23. The van der Waals surface area contributed by atoms with Crippen LogP contribution in [0.2, 0.25) is 0 Å². The molecule has 96 valence electrons. The van der Waals surface area contributed by atoms with Crippen molar-refractivity contribution in [1.82, 2.24) is 15.0 Å². The molecular formula is C10H20N6O. The first-order chi connectivity index (χ1) is 8.06. The van der Waals surface area contributed by atoms with Gasteiger partial charge in [0, 0.05) is 21.2 Å². The first-order valence-corrected chi connectivity index (χ1v) is 5.51. The summed E-state index contributed by atoms with van der Waals surface area (Å²) in [5, 5.41) is 3.17. The molecule has 0 saturated carbocycles. The summed E-state index contributed by atoms with van der Waals surface area (Å²) < 4.78 is 5.10. The summed E-state index contributed by atoms with van der Waals surface area (Å²) in [5.41, 5.74) is 5.63. The molecule has 0 spiro atoms. The minimum absolute atomic E-state index is 0.164. The summed E-state index contributed by atoms with van der Waals surface area (Å²) in [6.45, 7) is 2.66. The average molecular weight is 240 g/mol. The van der Waals surface area contributed by atoms with Crippen molar-refractivity contribution in [3.8, 4) is 0 Å². The fraction of sp³-hybridized carbons (Fsp3) is 0.700. The van der Waals surface area contributed by atoms with Crippen LogP contribution in [0.3, 0.4) is 0 Å². The van der Waals surface area contributed by atoms with Gasteiger partial charge < -0.3 is 20.7 Å². The molecule has 0 bridgehead atoms. The van der Waals surface area contributed by atoms with Gasteiger partial charge in [0.1, 0.15) is 0 Å². The van der Waals surface area contributed by atoms with Crippen molar-refractivity contribution in [3.05, 3.63) is 0 Å². The van der Waals surface area contributed by atoms with Gasteiger partial charge in [-0.25, -0.2) is 0 Å². The van der Waals surface area contributed by atoms with Crippen LogP contribution in [0.5, 0.6) is 0 Å². The van der Waals surface area contributed by atoms with Crippen LogP contribution in [0.1, 0.15) is 13.3 Å². The SMILES string of the molecule is CCC(COC)Nc1nc(N)nc(N(C)C)n1. The van der Waals surface area contributed by atoms with Crippen molar-refractivity contribution in [2.24, 2.45) is 0 Å². The van der Waals surface area contributed by atoms with E-state index in [2.05, 4.69) is 27.2 Å². The summed E-state index contributed by atoms with van der Waals surface area (Å²) in [6, 6.07) is 0.164. The highest BCUT2D eigenvalue weighted by Gasteiger charge is 2.10. The van der Waals surface area contributed by atoms with E-state index >= 15 is 0 Å². The number of ether oxygens (including phenoxy) is 1. The maximum absolute atomic E-state index is 5.63. The number of nitrogens with two attached hydrogens (primary N) is 1. The number of nitrogens with zero attached hydrogens (tertiary/aromatic N) is 4. The molecule has 17 heavy (non-hydrogen) atoms. The van der Waals surface area contributed by atoms with Crippen LogP contribution in [0, 0.1) is 0 Å². The molecule has 0 aromatic carbocycles. The Morgan fingerprint density at radius 1 is 1.35 bits per heavy atom. The molecule has 0 fully saturated rings.